The molecule has 3 rings (SSSR count). The molecule has 1 unspecified atom stereocenters. The van der Waals surface area contributed by atoms with Crippen LogP contribution in [0.15, 0.2) is 47.5 Å². The molecule has 27 heavy (non-hydrogen) atoms. The van der Waals surface area contributed by atoms with Gasteiger partial charge < -0.3 is 20.1 Å². The van der Waals surface area contributed by atoms with Crippen molar-refractivity contribution in [3.8, 4) is 5.75 Å². The average molecular weight is 485 g/mol. The number of aryl methyl sites for hydroxylation is 1. The number of halogens is 2. The summed E-state index contributed by atoms with van der Waals surface area (Å²) in [6.45, 7) is 4.58. The van der Waals surface area contributed by atoms with E-state index in [1.165, 1.54) is 23.3 Å². The first-order chi connectivity index (χ1) is 12.6. The maximum Gasteiger partial charge on any atom is 0.194 e. The van der Waals surface area contributed by atoms with Crippen molar-refractivity contribution in [2.24, 2.45) is 4.99 Å². The fraction of sp³-hybridized carbons (Fsp3) is 0.350. The van der Waals surface area contributed by atoms with Gasteiger partial charge in [-0.15, -0.1) is 24.0 Å². The summed E-state index contributed by atoms with van der Waals surface area (Å²) in [7, 11) is 1.73. The summed E-state index contributed by atoms with van der Waals surface area (Å²) in [6, 6.07) is 12.6. The summed E-state index contributed by atoms with van der Waals surface area (Å²) in [5.74, 6) is -0.210. The van der Waals surface area contributed by atoms with E-state index in [2.05, 4.69) is 34.3 Å². The van der Waals surface area contributed by atoms with Crippen LogP contribution < -0.4 is 5.32 Å². The zero-order valence-corrected chi connectivity index (χ0v) is 17.8. The van der Waals surface area contributed by atoms with Gasteiger partial charge in [0, 0.05) is 20.1 Å². The van der Waals surface area contributed by atoms with Crippen LogP contribution in [-0.2, 0) is 11.3 Å². The molecule has 1 aliphatic rings. The number of nitrogens with one attached hydrogen (secondary N) is 1. The highest BCUT2D eigenvalue weighted by atomic mass is 127. The van der Waals surface area contributed by atoms with Gasteiger partial charge in [-0.3, -0.25) is 4.99 Å². The molecule has 0 saturated carbocycles. The molecule has 7 heteroatoms. The molecule has 2 N–H and O–H groups in total. The van der Waals surface area contributed by atoms with E-state index in [4.69, 9.17) is 4.74 Å². The first-order valence-electron chi connectivity index (χ1n) is 8.68. The average Bonchev–Trinajstić information content (AvgIpc) is 2.66. The normalized spacial score (nSPS) is 17.4. The number of hydrogen-bond donors (Lipinski definition) is 2. The van der Waals surface area contributed by atoms with Crippen LogP contribution in [0.25, 0.3) is 0 Å². The lowest BCUT2D eigenvalue weighted by molar-refractivity contribution is -0.00833. The molecular weight excluding hydrogens is 460 g/mol. The minimum absolute atomic E-state index is 0. The van der Waals surface area contributed by atoms with Gasteiger partial charge in [-0.2, -0.15) is 0 Å². The van der Waals surface area contributed by atoms with Crippen LogP contribution in [0.2, 0.25) is 0 Å². The van der Waals surface area contributed by atoms with Crippen molar-refractivity contribution in [1.82, 2.24) is 10.2 Å². The van der Waals surface area contributed by atoms with Crippen LogP contribution in [-0.4, -0.2) is 42.7 Å². The highest BCUT2D eigenvalue weighted by molar-refractivity contribution is 14.0. The number of nitrogens with zero attached hydrogens (tertiary/aromatic N) is 2. The molecule has 2 aromatic carbocycles. The second-order valence-electron chi connectivity index (χ2n) is 6.35. The highest BCUT2D eigenvalue weighted by Crippen LogP contribution is 2.25. The molecular formula is C20H25FIN3O2. The van der Waals surface area contributed by atoms with E-state index >= 15 is 0 Å². The zero-order chi connectivity index (χ0) is 18.5. The Kier molecular flexibility index (Phi) is 7.85. The van der Waals surface area contributed by atoms with Crippen molar-refractivity contribution in [2.75, 3.05) is 26.7 Å². The van der Waals surface area contributed by atoms with Crippen molar-refractivity contribution in [3.63, 3.8) is 0 Å². The molecule has 0 bridgehead atoms. The minimum atomic E-state index is -0.620. The molecule has 1 aliphatic heterocycles. The number of phenolic OH excluding ortho intramolecular Hbond substituents is 1. The molecule has 5 nitrogen and oxygen atoms in total. The quantitative estimate of drug-likeness (QED) is 0.397. The summed E-state index contributed by atoms with van der Waals surface area (Å²) in [6.07, 6.45) is -0.00498. The van der Waals surface area contributed by atoms with Crippen LogP contribution >= 0.6 is 24.0 Å². The topological polar surface area (TPSA) is 57.1 Å². The second kappa shape index (κ2) is 9.89. The summed E-state index contributed by atoms with van der Waals surface area (Å²) in [4.78, 5) is 6.50. The van der Waals surface area contributed by atoms with Crippen molar-refractivity contribution in [3.05, 3.63) is 65.0 Å². The fourth-order valence-electron chi connectivity index (χ4n) is 3.15. The van der Waals surface area contributed by atoms with E-state index in [0.717, 1.165) is 18.1 Å². The number of morpholine rings is 1. The van der Waals surface area contributed by atoms with Crippen LogP contribution in [0.1, 0.15) is 22.8 Å². The Bertz CT molecular complexity index is 801. The Morgan fingerprint density at radius 1 is 1.33 bits per heavy atom. The Morgan fingerprint density at radius 2 is 2.11 bits per heavy atom. The third kappa shape index (κ3) is 5.32. The van der Waals surface area contributed by atoms with Crippen LogP contribution in [0, 0.1) is 12.7 Å². The Morgan fingerprint density at radius 3 is 2.81 bits per heavy atom. The number of benzene rings is 2. The highest BCUT2D eigenvalue weighted by Gasteiger charge is 2.25. The first-order valence-corrected chi connectivity index (χ1v) is 8.68. The molecule has 1 saturated heterocycles. The molecule has 0 spiro atoms. The molecule has 2 aromatic rings. The molecule has 1 atom stereocenters. The minimum Gasteiger partial charge on any atom is -0.505 e. The number of aliphatic imine (C=N–C) groups is 1. The van der Waals surface area contributed by atoms with Crippen LogP contribution in [0.3, 0.4) is 0 Å². The number of hydrogen-bond acceptors (Lipinski definition) is 3. The van der Waals surface area contributed by atoms with Gasteiger partial charge >= 0.3 is 0 Å². The number of guanidine groups is 1. The fourth-order valence-corrected chi connectivity index (χ4v) is 3.15. The predicted octanol–water partition coefficient (Wildman–Crippen LogP) is 3.61. The monoisotopic (exact) mass is 485 g/mol. The van der Waals surface area contributed by atoms with Crippen LogP contribution in [0.5, 0.6) is 5.75 Å². The lowest BCUT2D eigenvalue weighted by atomic mass is 10.0. The van der Waals surface area contributed by atoms with Crippen molar-refractivity contribution >= 4 is 29.9 Å². The summed E-state index contributed by atoms with van der Waals surface area (Å²) < 4.78 is 19.4. The first kappa shape index (κ1) is 21.4. The van der Waals surface area contributed by atoms with Gasteiger partial charge in [0.2, 0.25) is 0 Å². The summed E-state index contributed by atoms with van der Waals surface area (Å²) in [5.41, 5.74) is 3.14. The molecule has 146 valence electrons. The van der Waals surface area contributed by atoms with E-state index in [1.807, 2.05) is 12.1 Å². The molecule has 0 aromatic heterocycles. The van der Waals surface area contributed by atoms with E-state index in [0.29, 0.717) is 19.7 Å². The van der Waals surface area contributed by atoms with Gasteiger partial charge in [0.05, 0.1) is 13.2 Å². The Hall–Kier alpha value is -1.87. The van der Waals surface area contributed by atoms with E-state index in [1.54, 1.807) is 13.1 Å². The van der Waals surface area contributed by atoms with Crippen molar-refractivity contribution in [1.29, 1.82) is 0 Å². The molecule has 0 aliphatic carbocycles. The number of phenols is 1. The van der Waals surface area contributed by atoms with Gasteiger partial charge in [-0.25, -0.2) is 4.39 Å². The van der Waals surface area contributed by atoms with Crippen molar-refractivity contribution in [2.45, 2.75) is 19.6 Å². The second-order valence-corrected chi connectivity index (χ2v) is 6.35. The molecule has 0 radical (unpaired) electrons. The third-order valence-corrected chi connectivity index (χ3v) is 4.58. The maximum atomic E-state index is 13.5. The Balaban J connectivity index is 0.00000261. The standard InChI is InChI=1S/C20H24FN3O2.HI/c1-14-5-3-4-6-16(14)19-13-24(9-10-26-19)20(22-2)23-12-15-7-8-18(25)17(21)11-15;/h3-8,11,19,25H,9-10,12-13H2,1-2H3,(H,22,23);1H. The van der Waals surface area contributed by atoms with Crippen molar-refractivity contribution < 1.29 is 14.2 Å². The molecule has 1 fully saturated rings. The van der Waals surface area contributed by atoms with Gasteiger partial charge in [0.1, 0.15) is 6.10 Å². The number of rotatable bonds is 3. The Labute approximate surface area is 176 Å². The van der Waals surface area contributed by atoms with Gasteiger partial charge in [0.25, 0.3) is 0 Å². The van der Waals surface area contributed by atoms with Gasteiger partial charge in [-0.1, -0.05) is 30.3 Å². The number of ether oxygens (including phenoxy) is 1. The predicted molar refractivity (Wildman–Crippen MR) is 115 cm³/mol. The lowest BCUT2D eigenvalue weighted by Crippen LogP contribution is -2.48. The maximum absolute atomic E-state index is 13.5. The lowest BCUT2D eigenvalue weighted by Gasteiger charge is -2.35. The molecule has 1 heterocycles. The van der Waals surface area contributed by atoms with Crippen LogP contribution in [0.4, 0.5) is 4.39 Å². The third-order valence-electron chi connectivity index (χ3n) is 4.58. The summed E-state index contributed by atoms with van der Waals surface area (Å²) in [5, 5.41) is 12.6. The zero-order valence-electron chi connectivity index (χ0n) is 15.5. The SMILES string of the molecule is CN=C(NCc1ccc(O)c(F)c1)N1CCOC(c2ccccc2C)C1.I. The van der Waals surface area contributed by atoms with Gasteiger partial charge in [0.15, 0.2) is 17.5 Å². The number of aromatic hydroxyl groups is 1. The van der Waals surface area contributed by atoms with E-state index in [9.17, 15) is 9.50 Å². The smallest absolute Gasteiger partial charge is 0.194 e. The van der Waals surface area contributed by atoms with E-state index in [-0.39, 0.29) is 35.8 Å². The van der Waals surface area contributed by atoms with E-state index < -0.39 is 5.82 Å². The van der Waals surface area contributed by atoms with Gasteiger partial charge in [-0.05, 0) is 35.7 Å². The summed E-state index contributed by atoms with van der Waals surface area (Å²) >= 11 is 0. The largest absolute Gasteiger partial charge is 0.505 e. The molecule has 0 amide bonds.